The predicted molar refractivity (Wildman–Crippen MR) is 91.5 cm³/mol. The maximum absolute atomic E-state index is 13.3. The Kier molecular flexibility index (Phi) is 3.23. The minimum Gasteiger partial charge on any atom is -0.389 e. The summed E-state index contributed by atoms with van der Waals surface area (Å²) in [6.07, 6.45) is 3.93. The number of aliphatic hydroxyl groups excluding tert-OH is 1. The number of ether oxygens (including phenoxy) is 1. The standard InChI is InChI=1S/C20H28O5/c1-5-17(4)9-12-14(13(21)10-17)18-8-6-7-16(2,3)20(18,24)19(23,15(12)22)25-11-18/h5,13,21,23-24H,1,6-11H2,2-4H3/t13-,17-,18+,19+,20-/m1/s1. The average Bonchev–Trinajstić information content (AvgIpc) is 2.72. The van der Waals surface area contributed by atoms with Crippen LogP contribution in [0.1, 0.15) is 52.9 Å². The number of rotatable bonds is 1. The van der Waals surface area contributed by atoms with E-state index in [0.717, 1.165) is 6.42 Å². The molecular formula is C20H28O5. The van der Waals surface area contributed by atoms with Gasteiger partial charge in [-0.25, -0.2) is 0 Å². The zero-order valence-electron chi connectivity index (χ0n) is 15.3. The van der Waals surface area contributed by atoms with E-state index in [2.05, 4.69) is 6.58 Å². The molecule has 25 heavy (non-hydrogen) atoms. The lowest BCUT2D eigenvalue weighted by atomic mass is 9.44. The van der Waals surface area contributed by atoms with Gasteiger partial charge >= 0.3 is 0 Å². The lowest BCUT2D eigenvalue weighted by Gasteiger charge is -2.62. The number of allylic oxidation sites excluding steroid dienone is 1. The van der Waals surface area contributed by atoms with Gasteiger partial charge in [-0.1, -0.05) is 33.3 Å². The van der Waals surface area contributed by atoms with Gasteiger partial charge in [-0.05, 0) is 36.7 Å². The smallest absolute Gasteiger partial charge is 0.262 e. The van der Waals surface area contributed by atoms with Crippen molar-refractivity contribution in [1.82, 2.24) is 0 Å². The van der Waals surface area contributed by atoms with Gasteiger partial charge in [0, 0.05) is 11.0 Å². The summed E-state index contributed by atoms with van der Waals surface area (Å²) in [6.45, 7) is 9.63. The van der Waals surface area contributed by atoms with Crippen molar-refractivity contribution in [1.29, 1.82) is 0 Å². The summed E-state index contributed by atoms with van der Waals surface area (Å²) in [5.41, 5.74) is -2.72. The molecule has 1 aliphatic heterocycles. The minimum atomic E-state index is -2.24. The molecule has 0 aromatic heterocycles. The number of hydrogen-bond acceptors (Lipinski definition) is 5. The molecule has 0 radical (unpaired) electrons. The summed E-state index contributed by atoms with van der Waals surface area (Å²) < 4.78 is 5.67. The zero-order valence-corrected chi connectivity index (χ0v) is 15.3. The van der Waals surface area contributed by atoms with Gasteiger partial charge in [0.2, 0.25) is 5.78 Å². The fourth-order valence-electron chi connectivity index (χ4n) is 6.26. The van der Waals surface area contributed by atoms with Crippen LogP contribution < -0.4 is 0 Å². The molecule has 3 aliphatic carbocycles. The van der Waals surface area contributed by atoms with Crippen LogP contribution >= 0.6 is 0 Å². The molecule has 1 heterocycles. The summed E-state index contributed by atoms with van der Waals surface area (Å²) in [6, 6.07) is 0. The Morgan fingerprint density at radius 2 is 1.92 bits per heavy atom. The molecule has 138 valence electrons. The second kappa shape index (κ2) is 4.63. The highest BCUT2D eigenvalue weighted by Gasteiger charge is 2.81. The first-order chi connectivity index (χ1) is 11.5. The van der Waals surface area contributed by atoms with E-state index in [1.54, 1.807) is 6.08 Å². The Labute approximate surface area is 148 Å². The van der Waals surface area contributed by atoms with Crippen molar-refractivity contribution in [2.24, 2.45) is 16.2 Å². The second-order valence-corrected chi connectivity index (χ2v) is 9.44. The van der Waals surface area contributed by atoms with Crippen LogP contribution in [0.15, 0.2) is 23.8 Å². The molecule has 0 unspecified atom stereocenters. The Morgan fingerprint density at radius 1 is 1.24 bits per heavy atom. The Bertz CT molecular complexity index is 709. The maximum Gasteiger partial charge on any atom is 0.262 e. The molecule has 1 saturated carbocycles. The molecule has 0 aromatic rings. The maximum atomic E-state index is 13.3. The van der Waals surface area contributed by atoms with E-state index < -0.39 is 39.5 Å². The Morgan fingerprint density at radius 3 is 2.56 bits per heavy atom. The molecule has 0 amide bonds. The average molecular weight is 348 g/mol. The number of carbonyl (C=O) groups is 1. The van der Waals surface area contributed by atoms with E-state index in [4.69, 9.17) is 4.74 Å². The Balaban J connectivity index is 2.02. The molecule has 0 spiro atoms. The number of ketones is 1. The quantitative estimate of drug-likeness (QED) is 0.630. The minimum absolute atomic E-state index is 0.0653. The predicted octanol–water partition coefficient (Wildman–Crippen LogP) is 1.86. The number of carbonyl (C=O) groups excluding carboxylic acids is 1. The fourth-order valence-corrected chi connectivity index (χ4v) is 6.26. The Hall–Kier alpha value is -1.01. The molecule has 3 N–H and O–H groups in total. The van der Waals surface area contributed by atoms with Gasteiger partial charge in [0.25, 0.3) is 5.79 Å². The molecule has 4 rings (SSSR count). The van der Waals surface area contributed by atoms with Gasteiger partial charge in [-0.15, -0.1) is 6.58 Å². The van der Waals surface area contributed by atoms with Crippen LogP contribution in [0.5, 0.6) is 0 Å². The van der Waals surface area contributed by atoms with Crippen molar-refractivity contribution in [3.63, 3.8) is 0 Å². The largest absolute Gasteiger partial charge is 0.389 e. The number of aliphatic hydroxyl groups is 3. The summed E-state index contributed by atoms with van der Waals surface area (Å²) in [5, 5.41) is 34.1. The highest BCUT2D eigenvalue weighted by molar-refractivity contribution is 6.05. The van der Waals surface area contributed by atoms with Crippen LogP contribution in [0, 0.1) is 16.2 Å². The first kappa shape index (κ1) is 17.4. The van der Waals surface area contributed by atoms with E-state index >= 15 is 0 Å². The lowest BCUT2D eigenvalue weighted by molar-refractivity contribution is -0.291. The first-order valence-electron chi connectivity index (χ1n) is 9.17. The third-order valence-electron chi connectivity index (χ3n) is 7.58. The summed E-state index contributed by atoms with van der Waals surface area (Å²) in [5.74, 6) is -2.82. The molecule has 4 aliphatic rings. The van der Waals surface area contributed by atoms with Crippen LogP contribution in [-0.2, 0) is 9.53 Å². The van der Waals surface area contributed by atoms with Gasteiger partial charge < -0.3 is 20.1 Å². The molecule has 0 aromatic carbocycles. The third kappa shape index (κ3) is 1.67. The van der Waals surface area contributed by atoms with Gasteiger partial charge in [0.15, 0.2) is 0 Å². The van der Waals surface area contributed by atoms with Crippen molar-refractivity contribution in [2.45, 2.75) is 70.4 Å². The van der Waals surface area contributed by atoms with Crippen LogP contribution in [0.3, 0.4) is 0 Å². The normalized spacial score (nSPS) is 51.1. The topological polar surface area (TPSA) is 87.0 Å². The molecule has 2 fully saturated rings. The van der Waals surface area contributed by atoms with E-state index in [-0.39, 0.29) is 6.61 Å². The fraction of sp³-hybridized carbons (Fsp3) is 0.750. The SMILES string of the molecule is C=C[C@]1(C)CC2=C([C@H](O)C1)[C@@]13CCCC(C)(C)[C@]1(O)[C@@](O)(OC3)C2=O. The summed E-state index contributed by atoms with van der Waals surface area (Å²) in [4.78, 5) is 13.3. The van der Waals surface area contributed by atoms with Crippen molar-refractivity contribution in [2.75, 3.05) is 6.61 Å². The second-order valence-electron chi connectivity index (χ2n) is 9.44. The van der Waals surface area contributed by atoms with Gasteiger partial charge in [-0.2, -0.15) is 0 Å². The van der Waals surface area contributed by atoms with E-state index in [1.165, 1.54) is 0 Å². The van der Waals surface area contributed by atoms with Crippen molar-refractivity contribution in [3.05, 3.63) is 23.8 Å². The van der Waals surface area contributed by atoms with Crippen molar-refractivity contribution >= 4 is 5.78 Å². The van der Waals surface area contributed by atoms with Gasteiger partial charge in [0.1, 0.15) is 5.60 Å². The van der Waals surface area contributed by atoms with Gasteiger partial charge in [-0.3, -0.25) is 4.79 Å². The first-order valence-corrected chi connectivity index (χ1v) is 9.17. The summed E-state index contributed by atoms with van der Waals surface area (Å²) >= 11 is 0. The number of hydrogen-bond donors (Lipinski definition) is 3. The molecule has 1 saturated heterocycles. The van der Waals surface area contributed by atoms with E-state index in [0.29, 0.717) is 36.8 Å². The lowest BCUT2D eigenvalue weighted by Crippen LogP contribution is -2.74. The molecule has 5 heteroatoms. The molecule has 5 atom stereocenters. The van der Waals surface area contributed by atoms with Crippen LogP contribution in [0.25, 0.3) is 0 Å². The highest BCUT2D eigenvalue weighted by atomic mass is 16.7. The third-order valence-corrected chi connectivity index (χ3v) is 7.58. The molecule has 5 nitrogen and oxygen atoms in total. The zero-order chi connectivity index (χ0) is 18.5. The van der Waals surface area contributed by atoms with Crippen molar-refractivity contribution in [3.8, 4) is 0 Å². The number of Topliss-reactive ketones (excluding diaryl/α,β-unsaturated/α-hetero) is 1. The monoisotopic (exact) mass is 348 g/mol. The molecular weight excluding hydrogens is 320 g/mol. The van der Waals surface area contributed by atoms with Crippen LogP contribution in [0.2, 0.25) is 0 Å². The van der Waals surface area contributed by atoms with E-state index in [9.17, 15) is 20.1 Å². The van der Waals surface area contributed by atoms with Crippen molar-refractivity contribution < 1.29 is 24.9 Å². The molecule has 2 bridgehead atoms. The van der Waals surface area contributed by atoms with E-state index in [1.807, 2.05) is 20.8 Å². The van der Waals surface area contributed by atoms with Crippen LogP contribution in [0.4, 0.5) is 0 Å². The van der Waals surface area contributed by atoms with Crippen LogP contribution in [-0.4, -0.2) is 45.2 Å². The highest BCUT2D eigenvalue weighted by Crippen LogP contribution is 2.70. The summed E-state index contributed by atoms with van der Waals surface area (Å²) in [7, 11) is 0. The van der Waals surface area contributed by atoms with Gasteiger partial charge in [0.05, 0.1) is 18.1 Å².